The summed E-state index contributed by atoms with van der Waals surface area (Å²) in [4.78, 5) is 4.20. The third-order valence-electron chi connectivity index (χ3n) is 2.66. The average molecular weight is 225 g/mol. The number of nitrogens with one attached hydrogen (secondary N) is 1. The molecule has 0 aliphatic rings. The van der Waals surface area contributed by atoms with Crippen molar-refractivity contribution in [2.75, 3.05) is 24.8 Å². The van der Waals surface area contributed by atoms with E-state index < -0.39 is 5.54 Å². The second-order valence-corrected chi connectivity index (χ2v) is 3.99. The molecule has 5 heteroatoms. The second kappa shape index (κ2) is 5.03. The van der Waals surface area contributed by atoms with Crippen molar-refractivity contribution in [3.05, 3.63) is 12.1 Å². The van der Waals surface area contributed by atoms with Crippen molar-refractivity contribution >= 4 is 11.5 Å². The average Bonchev–Trinajstić information content (AvgIpc) is 2.32. The van der Waals surface area contributed by atoms with E-state index >= 15 is 0 Å². The molecule has 0 saturated carbocycles. The summed E-state index contributed by atoms with van der Waals surface area (Å²) >= 11 is 0. The fraction of sp³-hybridized carbons (Fsp3) is 0.545. The number of ether oxygens (including phenoxy) is 1. The summed E-state index contributed by atoms with van der Waals surface area (Å²) in [6, 6.07) is 3.42. The molecule has 1 aromatic heterocycles. The number of hydrogen-bond acceptors (Lipinski definition) is 5. The normalized spacial score (nSPS) is 14.2. The van der Waals surface area contributed by atoms with Crippen molar-refractivity contribution in [3.8, 4) is 5.88 Å². The Morgan fingerprint density at radius 1 is 1.56 bits per heavy atom. The smallest absolute Gasteiger partial charge is 0.215 e. The molecule has 1 aromatic rings. The van der Waals surface area contributed by atoms with Crippen molar-refractivity contribution in [2.24, 2.45) is 0 Å². The third-order valence-corrected chi connectivity index (χ3v) is 2.66. The molecule has 1 unspecified atom stereocenters. The van der Waals surface area contributed by atoms with Gasteiger partial charge in [0.2, 0.25) is 5.88 Å². The lowest BCUT2D eigenvalue weighted by Gasteiger charge is -2.28. The number of aliphatic hydroxyl groups is 1. The van der Waals surface area contributed by atoms with Gasteiger partial charge < -0.3 is 20.9 Å². The summed E-state index contributed by atoms with van der Waals surface area (Å²) in [6.07, 6.45) is 0.766. The lowest BCUT2D eigenvalue weighted by molar-refractivity contribution is 0.218. The highest BCUT2D eigenvalue weighted by molar-refractivity contribution is 5.63. The van der Waals surface area contributed by atoms with Gasteiger partial charge in [-0.1, -0.05) is 6.92 Å². The van der Waals surface area contributed by atoms with Gasteiger partial charge in [0.25, 0.3) is 0 Å². The maximum Gasteiger partial charge on any atom is 0.215 e. The number of nitrogens with two attached hydrogens (primary N) is 1. The van der Waals surface area contributed by atoms with Gasteiger partial charge in [-0.15, -0.1) is 0 Å². The highest BCUT2D eigenvalue weighted by Crippen LogP contribution is 2.24. The summed E-state index contributed by atoms with van der Waals surface area (Å²) in [6.45, 7) is 3.91. The largest absolute Gasteiger partial charge is 0.481 e. The molecule has 16 heavy (non-hydrogen) atoms. The number of rotatable bonds is 5. The molecule has 4 N–H and O–H groups in total. The first-order valence-corrected chi connectivity index (χ1v) is 5.24. The van der Waals surface area contributed by atoms with Crippen molar-refractivity contribution in [2.45, 2.75) is 25.8 Å². The first-order chi connectivity index (χ1) is 7.54. The van der Waals surface area contributed by atoms with E-state index in [2.05, 4.69) is 10.3 Å². The van der Waals surface area contributed by atoms with Gasteiger partial charge in [0, 0.05) is 6.07 Å². The number of nitrogen functional groups attached to an aromatic ring is 1. The van der Waals surface area contributed by atoms with Crippen LogP contribution in [-0.2, 0) is 0 Å². The molecule has 5 nitrogen and oxygen atoms in total. The van der Waals surface area contributed by atoms with Gasteiger partial charge in [-0.25, -0.2) is 0 Å². The Morgan fingerprint density at radius 3 is 2.75 bits per heavy atom. The molecule has 1 atom stereocenters. The number of hydrogen-bond donors (Lipinski definition) is 3. The number of nitrogens with zero attached hydrogens (tertiary/aromatic N) is 1. The van der Waals surface area contributed by atoms with E-state index in [0.717, 1.165) is 6.42 Å². The van der Waals surface area contributed by atoms with Gasteiger partial charge in [-0.3, -0.25) is 0 Å². The maximum absolute atomic E-state index is 9.30. The van der Waals surface area contributed by atoms with Crippen LogP contribution in [0.3, 0.4) is 0 Å². The van der Waals surface area contributed by atoms with E-state index in [-0.39, 0.29) is 6.61 Å². The van der Waals surface area contributed by atoms with Crippen molar-refractivity contribution in [1.29, 1.82) is 0 Å². The molecule has 0 aromatic carbocycles. The summed E-state index contributed by atoms with van der Waals surface area (Å²) < 4.78 is 5.02. The zero-order chi connectivity index (χ0) is 12.2. The number of pyridine rings is 1. The van der Waals surface area contributed by atoms with Gasteiger partial charge in [-0.05, 0) is 19.4 Å². The first-order valence-electron chi connectivity index (χ1n) is 5.24. The van der Waals surface area contributed by atoms with E-state index in [4.69, 9.17) is 10.5 Å². The van der Waals surface area contributed by atoms with E-state index in [1.165, 1.54) is 0 Å². The number of methoxy groups -OCH3 is 1. The van der Waals surface area contributed by atoms with E-state index in [0.29, 0.717) is 17.4 Å². The summed E-state index contributed by atoms with van der Waals surface area (Å²) in [7, 11) is 1.55. The van der Waals surface area contributed by atoms with Gasteiger partial charge in [0.05, 0.1) is 24.9 Å². The quantitative estimate of drug-likeness (QED) is 0.702. The minimum atomic E-state index is -0.423. The Bertz CT molecular complexity index is 351. The predicted molar refractivity (Wildman–Crippen MR) is 64.6 cm³/mol. The van der Waals surface area contributed by atoms with Crippen LogP contribution in [0.4, 0.5) is 11.5 Å². The number of aliphatic hydroxyl groups excluding tert-OH is 1. The molecule has 0 radical (unpaired) electrons. The summed E-state index contributed by atoms with van der Waals surface area (Å²) in [5.41, 5.74) is 5.91. The van der Waals surface area contributed by atoms with Crippen LogP contribution in [0.15, 0.2) is 12.1 Å². The summed E-state index contributed by atoms with van der Waals surface area (Å²) in [5.74, 6) is 1.03. The molecule has 0 spiro atoms. The molecule has 90 valence electrons. The lowest BCUT2D eigenvalue weighted by atomic mass is 10.0. The van der Waals surface area contributed by atoms with Gasteiger partial charge >= 0.3 is 0 Å². The zero-order valence-electron chi connectivity index (χ0n) is 9.95. The van der Waals surface area contributed by atoms with Gasteiger partial charge in [0.15, 0.2) is 5.82 Å². The molecule has 0 amide bonds. The van der Waals surface area contributed by atoms with Crippen LogP contribution >= 0.6 is 0 Å². The second-order valence-electron chi connectivity index (χ2n) is 3.99. The van der Waals surface area contributed by atoms with E-state index in [1.54, 1.807) is 19.2 Å². The lowest BCUT2D eigenvalue weighted by Crippen LogP contribution is -2.38. The van der Waals surface area contributed by atoms with E-state index in [1.807, 2.05) is 13.8 Å². The summed E-state index contributed by atoms with van der Waals surface area (Å²) in [5, 5.41) is 12.4. The van der Waals surface area contributed by atoms with Crippen molar-refractivity contribution < 1.29 is 9.84 Å². The van der Waals surface area contributed by atoms with Crippen LogP contribution in [0.2, 0.25) is 0 Å². The number of aromatic nitrogens is 1. The Labute approximate surface area is 95.6 Å². The molecular weight excluding hydrogens is 206 g/mol. The van der Waals surface area contributed by atoms with Crippen LogP contribution in [0.1, 0.15) is 20.3 Å². The Kier molecular flexibility index (Phi) is 3.95. The third kappa shape index (κ3) is 2.76. The van der Waals surface area contributed by atoms with Crippen LogP contribution < -0.4 is 15.8 Å². The Balaban J connectivity index is 2.95. The minimum Gasteiger partial charge on any atom is -0.481 e. The number of anilines is 2. The van der Waals surface area contributed by atoms with Crippen LogP contribution in [0.5, 0.6) is 5.88 Å². The monoisotopic (exact) mass is 225 g/mol. The molecule has 1 heterocycles. The highest BCUT2D eigenvalue weighted by Gasteiger charge is 2.22. The zero-order valence-corrected chi connectivity index (χ0v) is 9.95. The van der Waals surface area contributed by atoms with E-state index in [9.17, 15) is 5.11 Å². The molecule has 1 rings (SSSR count). The molecule has 0 bridgehead atoms. The molecule has 0 fully saturated rings. The SMILES string of the molecule is CCC(C)(CO)Nc1nc(OC)ccc1N. The van der Waals surface area contributed by atoms with Crippen molar-refractivity contribution in [1.82, 2.24) is 4.98 Å². The topological polar surface area (TPSA) is 80.4 Å². The van der Waals surface area contributed by atoms with Crippen molar-refractivity contribution in [3.63, 3.8) is 0 Å². The van der Waals surface area contributed by atoms with Gasteiger partial charge in [-0.2, -0.15) is 4.98 Å². The Hall–Kier alpha value is -1.49. The molecular formula is C11H19N3O2. The molecule has 0 aliphatic carbocycles. The minimum absolute atomic E-state index is 0.0157. The Morgan fingerprint density at radius 2 is 2.25 bits per heavy atom. The fourth-order valence-electron chi connectivity index (χ4n) is 1.19. The molecule has 0 saturated heterocycles. The molecule has 0 aliphatic heterocycles. The van der Waals surface area contributed by atoms with Crippen LogP contribution in [0, 0.1) is 0 Å². The van der Waals surface area contributed by atoms with Crippen LogP contribution in [-0.4, -0.2) is 29.3 Å². The fourth-order valence-corrected chi connectivity index (χ4v) is 1.19. The predicted octanol–water partition coefficient (Wildman–Crippen LogP) is 1.25. The van der Waals surface area contributed by atoms with Gasteiger partial charge in [0.1, 0.15) is 0 Å². The highest BCUT2D eigenvalue weighted by atomic mass is 16.5. The van der Waals surface area contributed by atoms with Crippen LogP contribution in [0.25, 0.3) is 0 Å². The maximum atomic E-state index is 9.30. The standard InChI is InChI=1S/C11H19N3O2/c1-4-11(2,7-15)14-10-8(12)5-6-9(13-10)16-3/h5-6,15H,4,7,12H2,1-3H3,(H,13,14). The first kappa shape index (κ1) is 12.6.